The number of hydrogen-bond donors (Lipinski definition) is 0. The van der Waals surface area contributed by atoms with Crippen molar-refractivity contribution in [2.75, 3.05) is 18.1 Å². The first-order valence-electron chi connectivity index (χ1n) is 7.51. The van der Waals surface area contributed by atoms with Gasteiger partial charge >= 0.3 is 5.97 Å². The van der Waals surface area contributed by atoms with Gasteiger partial charge in [-0.1, -0.05) is 30.3 Å². The quantitative estimate of drug-likeness (QED) is 0.803. The van der Waals surface area contributed by atoms with E-state index in [-0.39, 0.29) is 24.5 Å². The van der Waals surface area contributed by atoms with E-state index in [9.17, 15) is 9.59 Å². The molecule has 1 saturated heterocycles. The largest absolute Gasteiger partial charge is 0.459 e. The number of rotatable bonds is 3. The van der Waals surface area contributed by atoms with Gasteiger partial charge in [-0.3, -0.25) is 9.59 Å². The van der Waals surface area contributed by atoms with E-state index < -0.39 is 5.60 Å². The molecular weight excluding hydrogens is 298 g/mol. The molecule has 1 aliphatic rings. The fourth-order valence-corrected chi connectivity index (χ4v) is 3.51. The van der Waals surface area contributed by atoms with Gasteiger partial charge in [-0.15, -0.1) is 0 Å². The number of esters is 1. The third kappa shape index (κ3) is 4.77. The summed E-state index contributed by atoms with van der Waals surface area (Å²) in [5.41, 5.74) is 0.525. The molecule has 120 valence electrons. The van der Waals surface area contributed by atoms with Gasteiger partial charge in [0.2, 0.25) is 5.91 Å². The summed E-state index contributed by atoms with van der Waals surface area (Å²) in [5, 5.41) is 0. The Bertz CT molecular complexity index is 524. The molecule has 1 fully saturated rings. The van der Waals surface area contributed by atoms with Crippen molar-refractivity contribution in [3.05, 3.63) is 35.9 Å². The maximum atomic E-state index is 12.4. The van der Waals surface area contributed by atoms with Gasteiger partial charge in [0.05, 0.1) is 6.04 Å². The Labute approximate surface area is 136 Å². The Balaban J connectivity index is 2.18. The monoisotopic (exact) mass is 321 g/mol. The van der Waals surface area contributed by atoms with Crippen molar-refractivity contribution < 1.29 is 14.3 Å². The predicted molar refractivity (Wildman–Crippen MR) is 88.7 cm³/mol. The molecule has 1 heterocycles. The molecule has 0 spiro atoms. The van der Waals surface area contributed by atoms with Crippen molar-refractivity contribution >= 4 is 23.6 Å². The molecule has 0 N–H and O–H groups in total. The zero-order valence-electron chi connectivity index (χ0n) is 13.4. The average molecular weight is 321 g/mol. The average Bonchev–Trinajstić information content (AvgIpc) is 2.61. The van der Waals surface area contributed by atoms with Crippen LogP contribution in [-0.4, -0.2) is 40.4 Å². The van der Waals surface area contributed by atoms with Crippen LogP contribution in [0.15, 0.2) is 30.3 Å². The highest BCUT2D eigenvalue weighted by atomic mass is 32.2. The smallest absolute Gasteiger partial charge is 0.326 e. The van der Waals surface area contributed by atoms with Crippen LogP contribution in [0.25, 0.3) is 0 Å². The minimum Gasteiger partial charge on any atom is -0.459 e. The van der Waals surface area contributed by atoms with Gasteiger partial charge in [0.25, 0.3) is 0 Å². The zero-order chi connectivity index (χ0) is 16.2. The van der Waals surface area contributed by atoms with E-state index in [2.05, 4.69) is 0 Å². The van der Waals surface area contributed by atoms with E-state index in [1.54, 1.807) is 16.7 Å². The van der Waals surface area contributed by atoms with E-state index in [1.165, 1.54) is 0 Å². The highest BCUT2D eigenvalue weighted by Crippen LogP contribution is 2.29. The minimum atomic E-state index is -0.539. The van der Waals surface area contributed by atoms with E-state index >= 15 is 0 Å². The van der Waals surface area contributed by atoms with Crippen molar-refractivity contribution in [2.45, 2.75) is 38.8 Å². The predicted octanol–water partition coefficient (Wildman–Crippen LogP) is 3.03. The van der Waals surface area contributed by atoms with Crippen molar-refractivity contribution in [3.8, 4) is 0 Å². The topological polar surface area (TPSA) is 46.6 Å². The van der Waals surface area contributed by atoms with Gasteiger partial charge in [-0.05, 0) is 26.3 Å². The van der Waals surface area contributed by atoms with Crippen molar-refractivity contribution in [3.63, 3.8) is 0 Å². The van der Waals surface area contributed by atoms with E-state index in [0.717, 1.165) is 17.1 Å². The Kier molecular flexibility index (Phi) is 5.51. The summed E-state index contributed by atoms with van der Waals surface area (Å²) in [6, 6.07) is 9.81. The van der Waals surface area contributed by atoms with Crippen LogP contribution in [0.2, 0.25) is 0 Å². The van der Waals surface area contributed by atoms with Gasteiger partial charge in [-0.25, -0.2) is 0 Å². The normalized spacial score (nSPS) is 19.7. The molecule has 22 heavy (non-hydrogen) atoms. The van der Waals surface area contributed by atoms with Crippen LogP contribution < -0.4 is 0 Å². The lowest BCUT2D eigenvalue weighted by atomic mass is 10.1. The van der Waals surface area contributed by atoms with Crippen molar-refractivity contribution in [1.82, 2.24) is 4.90 Å². The van der Waals surface area contributed by atoms with E-state index in [0.29, 0.717) is 6.42 Å². The first-order valence-corrected chi connectivity index (χ1v) is 8.66. The molecule has 0 saturated carbocycles. The highest BCUT2D eigenvalue weighted by Gasteiger charge is 2.30. The second-order valence-corrected chi connectivity index (χ2v) is 7.51. The molecule has 0 radical (unpaired) electrons. The molecule has 0 bridgehead atoms. The van der Waals surface area contributed by atoms with Crippen LogP contribution >= 0.6 is 11.8 Å². The number of thioether (sulfide) groups is 1. The second kappa shape index (κ2) is 7.18. The van der Waals surface area contributed by atoms with Crippen molar-refractivity contribution in [1.29, 1.82) is 0 Å². The molecule has 1 amide bonds. The van der Waals surface area contributed by atoms with Crippen LogP contribution in [0.5, 0.6) is 0 Å². The zero-order valence-corrected chi connectivity index (χ0v) is 14.2. The number of amides is 1. The van der Waals surface area contributed by atoms with Gasteiger partial charge in [0, 0.05) is 17.9 Å². The fourth-order valence-electron chi connectivity index (χ4n) is 2.42. The number of nitrogens with zero attached hydrogens (tertiary/aromatic N) is 1. The molecule has 1 aliphatic heterocycles. The number of carbonyl (C=O) groups excluding carboxylic acids is 2. The van der Waals surface area contributed by atoms with E-state index in [4.69, 9.17) is 4.74 Å². The van der Waals surface area contributed by atoms with Crippen LogP contribution in [0.1, 0.15) is 38.8 Å². The summed E-state index contributed by atoms with van der Waals surface area (Å²) in [6.07, 6.45) is 0.469. The summed E-state index contributed by atoms with van der Waals surface area (Å²) in [4.78, 5) is 26.2. The molecule has 2 rings (SSSR count). The van der Waals surface area contributed by atoms with E-state index in [1.807, 2.05) is 51.1 Å². The SMILES string of the molecule is CC(C)(C)OC(=O)CN1C(=O)CCSC[C@H]1c1ccccc1. The highest BCUT2D eigenvalue weighted by molar-refractivity contribution is 7.99. The van der Waals surface area contributed by atoms with Gasteiger partial charge in [0.15, 0.2) is 0 Å². The lowest BCUT2D eigenvalue weighted by Crippen LogP contribution is -2.41. The Morgan fingerprint density at radius 2 is 2.00 bits per heavy atom. The van der Waals surface area contributed by atoms with Gasteiger partial charge in [0.1, 0.15) is 12.1 Å². The van der Waals surface area contributed by atoms with Crippen LogP contribution in [-0.2, 0) is 14.3 Å². The minimum absolute atomic E-state index is 0.0101. The Morgan fingerprint density at radius 3 is 2.64 bits per heavy atom. The summed E-state index contributed by atoms with van der Waals surface area (Å²) in [5.74, 6) is 1.27. The molecule has 5 heteroatoms. The number of carbonyl (C=O) groups is 2. The van der Waals surface area contributed by atoms with Gasteiger partial charge < -0.3 is 9.64 Å². The molecular formula is C17H23NO3S. The molecule has 1 aromatic rings. The first-order chi connectivity index (χ1) is 10.4. The summed E-state index contributed by atoms with van der Waals surface area (Å²) in [6.45, 7) is 5.51. The standard InChI is InChI=1S/C17H23NO3S/c1-17(2,3)21-16(20)11-18-14(12-22-10-9-15(18)19)13-7-5-4-6-8-13/h4-8,14H,9-12H2,1-3H3/t14-/m0/s1. The van der Waals surface area contributed by atoms with Crippen LogP contribution in [0.3, 0.4) is 0 Å². The lowest BCUT2D eigenvalue weighted by Gasteiger charge is -2.30. The Morgan fingerprint density at radius 1 is 1.32 bits per heavy atom. The second-order valence-electron chi connectivity index (χ2n) is 6.36. The molecule has 4 nitrogen and oxygen atoms in total. The third-order valence-corrected chi connectivity index (χ3v) is 4.38. The molecule has 1 atom stereocenters. The number of benzene rings is 1. The first kappa shape index (κ1) is 16.9. The van der Waals surface area contributed by atoms with Gasteiger partial charge in [-0.2, -0.15) is 11.8 Å². The fraction of sp³-hybridized carbons (Fsp3) is 0.529. The summed E-state index contributed by atoms with van der Waals surface area (Å²) < 4.78 is 5.37. The van der Waals surface area contributed by atoms with Crippen LogP contribution in [0.4, 0.5) is 0 Å². The summed E-state index contributed by atoms with van der Waals surface area (Å²) in [7, 11) is 0. The molecule has 0 aromatic heterocycles. The lowest BCUT2D eigenvalue weighted by molar-refractivity contribution is -0.159. The number of hydrogen-bond acceptors (Lipinski definition) is 4. The molecule has 1 aromatic carbocycles. The summed E-state index contributed by atoms with van der Waals surface area (Å²) >= 11 is 1.75. The molecule has 0 unspecified atom stereocenters. The van der Waals surface area contributed by atoms with Crippen LogP contribution in [0, 0.1) is 0 Å². The maximum absolute atomic E-state index is 12.4. The van der Waals surface area contributed by atoms with Crippen molar-refractivity contribution in [2.24, 2.45) is 0 Å². The third-order valence-electron chi connectivity index (χ3n) is 3.34. The molecule has 0 aliphatic carbocycles. The number of ether oxygens (including phenoxy) is 1. The maximum Gasteiger partial charge on any atom is 0.326 e. The Hall–Kier alpha value is -1.49.